The van der Waals surface area contributed by atoms with Gasteiger partial charge in [0.1, 0.15) is 0 Å². The van der Waals surface area contributed by atoms with E-state index in [0.717, 1.165) is 18.4 Å². The van der Waals surface area contributed by atoms with Gasteiger partial charge in [0.2, 0.25) is 0 Å². The first kappa shape index (κ1) is 16.2. The number of rotatable bonds is 2. The fraction of sp³-hybridized carbons (Fsp3) is 0.316. The molecule has 1 aromatic heterocycles. The smallest absolute Gasteiger partial charge is 0.313 e. The summed E-state index contributed by atoms with van der Waals surface area (Å²) in [6.07, 6.45) is 4.93. The van der Waals surface area contributed by atoms with Gasteiger partial charge in [-0.3, -0.25) is 14.6 Å². The van der Waals surface area contributed by atoms with Gasteiger partial charge in [-0.1, -0.05) is 29.3 Å². The van der Waals surface area contributed by atoms with Crippen LogP contribution in [-0.2, 0) is 9.59 Å². The Morgan fingerprint density at radius 2 is 1.96 bits per heavy atom. The molecule has 1 aromatic carbocycles. The lowest BCUT2D eigenvalue weighted by molar-refractivity contribution is -0.143. The second-order valence-corrected chi connectivity index (χ2v) is 6.27. The lowest BCUT2D eigenvalue weighted by Gasteiger charge is -2.25. The highest BCUT2D eigenvalue weighted by molar-refractivity contribution is 6.39. The second kappa shape index (κ2) is 6.83. The minimum Gasteiger partial charge on any atom is -0.327 e. The molecule has 2 heterocycles. The van der Waals surface area contributed by atoms with Crippen LogP contribution in [0.25, 0.3) is 0 Å². The SMILES string of the molecule is Cc1cc(C)cc(C2CCCN2C(=O)C(=O)Nc2cccnc2)c1. The number of carbonyl (C=O) groups excluding carboxylic acids is 2. The van der Waals surface area contributed by atoms with Crippen molar-refractivity contribution in [3.05, 3.63) is 59.4 Å². The van der Waals surface area contributed by atoms with Crippen molar-refractivity contribution in [2.24, 2.45) is 0 Å². The predicted molar refractivity (Wildman–Crippen MR) is 92.5 cm³/mol. The first-order valence-electron chi connectivity index (χ1n) is 8.15. The molecule has 1 fully saturated rings. The van der Waals surface area contributed by atoms with Crippen molar-refractivity contribution in [3.8, 4) is 0 Å². The van der Waals surface area contributed by atoms with Crippen LogP contribution in [0.1, 0.15) is 35.6 Å². The third-order valence-corrected chi connectivity index (χ3v) is 4.26. The van der Waals surface area contributed by atoms with Gasteiger partial charge in [-0.05, 0) is 44.4 Å². The molecule has 2 aromatic rings. The van der Waals surface area contributed by atoms with Crippen molar-refractivity contribution in [2.45, 2.75) is 32.7 Å². The van der Waals surface area contributed by atoms with Crippen LogP contribution in [0, 0.1) is 13.8 Å². The van der Waals surface area contributed by atoms with E-state index >= 15 is 0 Å². The van der Waals surface area contributed by atoms with E-state index in [1.54, 1.807) is 23.2 Å². The Hall–Kier alpha value is -2.69. The minimum atomic E-state index is -0.612. The number of hydrogen-bond acceptors (Lipinski definition) is 3. The van der Waals surface area contributed by atoms with Gasteiger partial charge >= 0.3 is 11.8 Å². The van der Waals surface area contributed by atoms with Gasteiger partial charge in [-0.25, -0.2) is 0 Å². The van der Waals surface area contributed by atoms with Crippen molar-refractivity contribution < 1.29 is 9.59 Å². The van der Waals surface area contributed by atoms with Crippen molar-refractivity contribution in [3.63, 3.8) is 0 Å². The number of carbonyl (C=O) groups is 2. The Kier molecular flexibility index (Phi) is 4.60. The minimum absolute atomic E-state index is 0.0317. The number of pyridine rings is 1. The maximum absolute atomic E-state index is 12.6. The molecule has 24 heavy (non-hydrogen) atoms. The summed E-state index contributed by atoms with van der Waals surface area (Å²) in [6.45, 7) is 4.70. The molecule has 124 valence electrons. The van der Waals surface area contributed by atoms with Crippen LogP contribution >= 0.6 is 0 Å². The summed E-state index contributed by atoms with van der Waals surface area (Å²) in [6, 6.07) is 9.71. The highest BCUT2D eigenvalue weighted by atomic mass is 16.2. The molecule has 1 saturated heterocycles. The monoisotopic (exact) mass is 323 g/mol. The predicted octanol–water partition coefficient (Wildman–Crippen LogP) is 3.00. The molecule has 0 aliphatic carbocycles. The quantitative estimate of drug-likeness (QED) is 0.864. The molecule has 1 N–H and O–H groups in total. The second-order valence-electron chi connectivity index (χ2n) is 6.27. The van der Waals surface area contributed by atoms with E-state index < -0.39 is 11.8 Å². The summed E-state index contributed by atoms with van der Waals surface area (Å²) in [5.41, 5.74) is 3.97. The molecular formula is C19H21N3O2. The topological polar surface area (TPSA) is 62.3 Å². The van der Waals surface area contributed by atoms with Gasteiger partial charge in [0.25, 0.3) is 0 Å². The molecule has 5 heteroatoms. The number of likely N-dealkylation sites (tertiary alicyclic amines) is 1. The lowest BCUT2D eigenvalue weighted by Crippen LogP contribution is -2.39. The highest BCUT2D eigenvalue weighted by Gasteiger charge is 2.33. The number of benzene rings is 1. The van der Waals surface area contributed by atoms with Gasteiger partial charge in [0.05, 0.1) is 17.9 Å². The van der Waals surface area contributed by atoms with Crippen LogP contribution in [0.4, 0.5) is 5.69 Å². The van der Waals surface area contributed by atoms with Gasteiger partial charge in [-0.2, -0.15) is 0 Å². The number of aromatic nitrogens is 1. The standard InChI is InChI=1S/C19H21N3O2/c1-13-9-14(2)11-15(10-13)17-6-4-8-22(17)19(24)18(23)21-16-5-3-7-20-12-16/h3,5,7,9-12,17H,4,6,8H2,1-2H3,(H,21,23). The van der Waals surface area contributed by atoms with Gasteiger partial charge in [0, 0.05) is 12.7 Å². The first-order valence-corrected chi connectivity index (χ1v) is 8.15. The number of aryl methyl sites for hydroxylation is 2. The summed E-state index contributed by atoms with van der Waals surface area (Å²) in [4.78, 5) is 30.5. The summed E-state index contributed by atoms with van der Waals surface area (Å²) < 4.78 is 0. The lowest BCUT2D eigenvalue weighted by atomic mass is 9.99. The van der Waals surface area contributed by atoms with Crippen molar-refractivity contribution in [1.82, 2.24) is 9.88 Å². The van der Waals surface area contributed by atoms with E-state index in [-0.39, 0.29) is 6.04 Å². The third kappa shape index (κ3) is 3.45. The Morgan fingerprint density at radius 3 is 2.62 bits per heavy atom. The zero-order chi connectivity index (χ0) is 17.1. The Balaban J connectivity index is 1.77. The molecule has 0 saturated carbocycles. The molecule has 0 spiro atoms. The molecule has 5 nitrogen and oxygen atoms in total. The zero-order valence-corrected chi connectivity index (χ0v) is 14.0. The molecular weight excluding hydrogens is 302 g/mol. The highest BCUT2D eigenvalue weighted by Crippen LogP contribution is 2.33. The van der Waals surface area contributed by atoms with E-state index in [2.05, 4.69) is 28.5 Å². The van der Waals surface area contributed by atoms with Crippen LogP contribution in [-0.4, -0.2) is 28.2 Å². The van der Waals surface area contributed by atoms with Crippen molar-refractivity contribution in [1.29, 1.82) is 0 Å². The number of nitrogens with zero attached hydrogens (tertiary/aromatic N) is 2. The van der Waals surface area contributed by atoms with E-state index in [0.29, 0.717) is 12.2 Å². The van der Waals surface area contributed by atoms with Gasteiger partial charge in [-0.15, -0.1) is 0 Å². The number of amides is 2. The summed E-state index contributed by atoms with van der Waals surface area (Å²) >= 11 is 0. The molecule has 3 rings (SSSR count). The van der Waals surface area contributed by atoms with Crippen LogP contribution in [0.15, 0.2) is 42.7 Å². The first-order chi connectivity index (χ1) is 11.5. The molecule has 1 aliphatic rings. The molecule has 1 unspecified atom stereocenters. The molecule has 0 bridgehead atoms. The van der Waals surface area contributed by atoms with Crippen LogP contribution in [0.5, 0.6) is 0 Å². The van der Waals surface area contributed by atoms with Crippen molar-refractivity contribution >= 4 is 17.5 Å². The fourth-order valence-corrected chi connectivity index (χ4v) is 3.31. The maximum atomic E-state index is 12.6. The van der Waals surface area contributed by atoms with E-state index in [9.17, 15) is 9.59 Å². The Labute approximate surface area is 141 Å². The fourth-order valence-electron chi connectivity index (χ4n) is 3.31. The molecule has 2 amide bonds. The summed E-state index contributed by atoms with van der Waals surface area (Å²) in [5, 5.41) is 2.62. The normalized spacial score (nSPS) is 16.9. The largest absolute Gasteiger partial charge is 0.327 e. The van der Waals surface area contributed by atoms with Crippen LogP contribution < -0.4 is 5.32 Å². The van der Waals surface area contributed by atoms with Crippen molar-refractivity contribution in [2.75, 3.05) is 11.9 Å². The Bertz CT molecular complexity index is 738. The van der Waals surface area contributed by atoms with Gasteiger partial charge < -0.3 is 10.2 Å². The number of nitrogens with one attached hydrogen (secondary N) is 1. The molecule has 1 aliphatic heterocycles. The van der Waals surface area contributed by atoms with E-state index in [1.807, 2.05) is 13.8 Å². The average molecular weight is 323 g/mol. The van der Waals surface area contributed by atoms with Gasteiger partial charge in [0.15, 0.2) is 0 Å². The van der Waals surface area contributed by atoms with Crippen LogP contribution in [0.2, 0.25) is 0 Å². The molecule has 1 atom stereocenters. The summed E-state index contributed by atoms with van der Waals surface area (Å²) in [7, 11) is 0. The van der Waals surface area contributed by atoms with E-state index in [4.69, 9.17) is 0 Å². The maximum Gasteiger partial charge on any atom is 0.313 e. The van der Waals surface area contributed by atoms with E-state index in [1.165, 1.54) is 17.3 Å². The third-order valence-electron chi connectivity index (χ3n) is 4.26. The Morgan fingerprint density at radius 1 is 1.21 bits per heavy atom. The zero-order valence-electron chi connectivity index (χ0n) is 14.0. The average Bonchev–Trinajstić information content (AvgIpc) is 3.03. The summed E-state index contributed by atoms with van der Waals surface area (Å²) in [5.74, 6) is -1.10. The molecule has 0 radical (unpaired) electrons. The number of anilines is 1. The number of hydrogen-bond donors (Lipinski definition) is 1. The van der Waals surface area contributed by atoms with Crippen LogP contribution in [0.3, 0.4) is 0 Å².